The van der Waals surface area contributed by atoms with E-state index in [9.17, 15) is 9.59 Å². The number of anilines is 1. The largest absolute Gasteiger partial charge is 0.365 e. The SMILES string of the molecule is CNCc1cccc(-c2ccc3c(C(N)=O)c(NC(N)=O)[nH]c3c2)c1. The molecule has 3 rings (SSSR count). The Morgan fingerprint density at radius 3 is 2.52 bits per heavy atom. The molecule has 0 atom stereocenters. The smallest absolute Gasteiger partial charge is 0.317 e. The maximum atomic E-state index is 11.8. The highest BCUT2D eigenvalue weighted by Gasteiger charge is 2.17. The lowest BCUT2D eigenvalue weighted by molar-refractivity contribution is 0.100. The van der Waals surface area contributed by atoms with Crippen molar-refractivity contribution in [2.45, 2.75) is 6.54 Å². The first-order chi connectivity index (χ1) is 12.0. The van der Waals surface area contributed by atoms with E-state index < -0.39 is 11.9 Å². The molecule has 0 spiro atoms. The molecule has 2 aromatic carbocycles. The normalized spacial score (nSPS) is 10.8. The highest BCUT2D eigenvalue weighted by Crippen LogP contribution is 2.30. The molecule has 1 heterocycles. The molecule has 0 aliphatic rings. The van der Waals surface area contributed by atoms with E-state index in [1.54, 1.807) is 6.07 Å². The van der Waals surface area contributed by atoms with Crippen LogP contribution in [0.1, 0.15) is 15.9 Å². The number of fused-ring (bicyclic) bond motifs is 1. The van der Waals surface area contributed by atoms with Crippen LogP contribution in [-0.4, -0.2) is 24.0 Å². The van der Waals surface area contributed by atoms with Crippen molar-refractivity contribution >= 4 is 28.7 Å². The minimum atomic E-state index is -0.769. The zero-order chi connectivity index (χ0) is 18.0. The highest BCUT2D eigenvalue weighted by atomic mass is 16.2. The topological polar surface area (TPSA) is 126 Å². The summed E-state index contributed by atoms with van der Waals surface area (Å²) >= 11 is 0. The Bertz CT molecular complexity index is 961. The summed E-state index contributed by atoms with van der Waals surface area (Å²) < 4.78 is 0. The Balaban J connectivity index is 2.10. The summed E-state index contributed by atoms with van der Waals surface area (Å²) in [6, 6.07) is 13.0. The maximum absolute atomic E-state index is 11.8. The molecule has 128 valence electrons. The third kappa shape index (κ3) is 3.31. The molecule has 3 amide bonds. The van der Waals surface area contributed by atoms with Gasteiger partial charge in [-0.15, -0.1) is 0 Å². The standard InChI is InChI=1S/C18H19N5O2/c1-21-9-10-3-2-4-11(7-10)12-5-6-13-14(8-12)22-17(23-18(20)25)15(13)16(19)24/h2-8,21-22H,9H2,1H3,(H2,19,24)(H3,20,23,25). The van der Waals surface area contributed by atoms with Crippen LogP contribution in [-0.2, 0) is 6.54 Å². The minimum absolute atomic E-state index is 0.205. The van der Waals surface area contributed by atoms with Crippen LogP contribution >= 0.6 is 0 Å². The number of carbonyl (C=O) groups is 2. The number of hydrogen-bond acceptors (Lipinski definition) is 3. The van der Waals surface area contributed by atoms with E-state index in [1.165, 1.54) is 5.56 Å². The van der Waals surface area contributed by atoms with Gasteiger partial charge in [-0.25, -0.2) is 4.79 Å². The van der Waals surface area contributed by atoms with Gasteiger partial charge in [-0.3, -0.25) is 10.1 Å². The Labute approximate surface area is 144 Å². The second-order valence-corrected chi connectivity index (χ2v) is 5.72. The number of nitrogens with one attached hydrogen (secondary N) is 3. The maximum Gasteiger partial charge on any atom is 0.317 e. The molecule has 1 aromatic heterocycles. The number of benzene rings is 2. The lowest BCUT2D eigenvalue weighted by atomic mass is 10.0. The summed E-state index contributed by atoms with van der Waals surface area (Å²) in [7, 11) is 1.90. The van der Waals surface area contributed by atoms with Gasteiger partial charge in [-0.1, -0.05) is 30.3 Å². The van der Waals surface area contributed by atoms with E-state index in [1.807, 2.05) is 37.4 Å². The van der Waals surface area contributed by atoms with Crippen LogP contribution in [0.2, 0.25) is 0 Å². The molecule has 0 saturated heterocycles. The fraction of sp³-hybridized carbons (Fsp3) is 0.111. The summed E-state index contributed by atoms with van der Waals surface area (Å²) in [5, 5.41) is 6.16. The molecule has 0 bridgehead atoms. The van der Waals surface area contributed by atoms with Crippen molar-refractivity contribution in [2.75, 3.05) is 12.4 Å². The lowest BCUT2D eigenvalue weighted by Crippen LogP contribution is -2.22. The third-order valence-corrected chi connectivity index (χ3v) is 3.93. The van der Waals surface area contributed by atoms with Gasteiger partial charge in [0.15, 0.2) is 0 Å². The van der Waals surface area contributed by atoms with Gasteiger partial charge in [0.1, 0.15) is 5.82 Å². The average molecular weight is 337 g/mol. The number of carbonyl (C=O) groups excluding carboxylic acids is 2. The van der Waals surface area contributed by atoms with Crippen LogP contribution < -0.4 is 22.1 Å². The molecule has 0 fully saturated rings. The molecule has 3 aromatic rings. The lowest BCUT2D eigenvalue weighted by Gasteiger charge is -2.06. The number of primary amides is 2. The Hall–Kier alpha value is -3.32. The van der Waals surface area contributed by atoms with Gasteiger partial charge >= 0.3 is 6.03 Å². The third-order valence-electron chi connectivity index (χ3n) is 3.93. The number of urea groups is 1. The second-order valence-electron chi connectivity index (χ2n) is 5.72. The Morgan fingerprint density at radius 2 is 1.84 bits per heavy atom. The van der Waals surface area contributed by atoms with Crippen LogP contribution in [0, 0.1) is 0 Å². The first kappa shape index (κ1) is 16.5. The van der Waals surface area contributed by atoms with Gasteiger partial charge < -0.3 is 21.8 Å². The van der Waals surface area contributed by atoms with Crippen LogP contribution in [0.15, 0.2) is 42.5 Å². The summed E-state index contributed by atoms with van der Waals surface area (Å²) in [6.07, 6.45) is 0. The predicted octanol–water partition coefficient (Wildman–Crippen LogP) is 2.14. The zero-order valence-corrected chi connectivity index (χ0v) is 13.7. The first-order valence-corrected chi connectivity index (χ1v) is 7.75. The van der Waals surface area contributed by atoms with Gasteiger partial charge in [0.2, 0.25) is 0 Å². The van der Waals surface area contributed by atoms with Crippen molar-refractivity contribution in [3.05, 3.63) is 53.6 Å². The highest BCUT2D eigenvalue weighted by molar-refractivity contribution is 6.13. The monoisotopic (exact) mass is 337 g/mol. The number of aromatic amines is 1. The molecule has 7 heteroatoms. The molecule has 0 aliphatic heterocycles. The Kier molecular flexibility index (Phi) is 4.40. The van der Waals surface area contributed by atoms with E-state index in [4.69, 9.17) is 11.5 Å². The number of nitrogens with two attached hydrogens (primary N) is 2. The van der Waals surface area contributed by atoms with E-state index in [0.29, 0.717) is 10.9 Å². The fourth-order valence-electron chi connectivity index (χ4n) is 2.91. The van der Waals surface area contributed by atoms with E-state index in [2.05, 4.69) is 21.7 Å². The van der Waals surface area contributed by atoms with Gasteiger partial charge in [0.25, 0.3) is 5.91 Å². The number of aromatic nitrogens is 1. The summed E-state index contributed by atoms with van der Waals surface area (Å²) in [5.74, 6) is -0.435. The summed E-state index contributed by atoms with van der Waals surface area (Å²) in [6.45, 7) is 0.775. The predicted molar refractivity (Wildman–Crippen MR) is 98.2 cm³/mol. The summed E-state index contributed by atoms with van der Waals surface area (Å²) in [5.41, 5.74) is 14.7. The van der Waals surface area contributed by atoms with Crippen molar-refractivity contribution in [2.24, 2.45) is 11.5 Å². The molecule has 0 unspecified atom stereocenters. The van der Waals surface area contributed by atoms with E-state index in [-0.39, 0.29) is 11.4 Å². The van der Waals surface area contributed by atoms with Crippen molar-refractivity contribution < 1.29 is 9.59 Å². The molecule has 0 aliphatic carbocycles. The summed E-state index contributed by atoms with van der Waals surface area (Å²) in [4.78, 5) is 25.9. The van der Waals surface area contributed by atoms with Gasteiger partial charge in [-0.05, 0) is 35.9 Å². The molecule has 7 nitrogen and oxygen atoms in total. The number of hydrogen-bond donors (Lipinski definition) is 5. The number of H-pyrrole nitrogens is 1. The second kappa shape index (κ2) is 6.66. The van der Waals surface area contributed by atoms with Crippen molar-refractivity contribution in [1.82, 2.24) is 10.3 Å². The number of rotatable bonds is 5. The van der Waals surface area contributed by atoms with E-state index in [0.717, 1.165) is 17.7 Å². The van der Waals surface area contributed by atoms with Gasteiger partial charge in [-0.2, -0.15) is 0 Å². The van der Waals surface area contributed by atoms with Gasteiger partial charge in [0.05, 0.1) is 5.56 Å². The van der Waals surface area contributed by atoms with Crippen LogP contribution in [0.25, 0.3) is 22.0 Å². The molecule has 25 heavy (non-hydrogen) atoms. The van der Waals surface area contributed by atoms with Crippen molar-refractivity contribution in [3.8, 4) is 11.1 Å². The molecular formula is C18H19N5O2. The Morgan fingerprint density at radius 1 is 1.08 bits per heavy atom. The molecule has 0 saturated carbocycles. The molecular weight excluding hydrogens is 318 g/mol. The van der Waals surface area contributed by atoms with Crippen molar-refractivity contribution in [3.63, 3.8) is 0 Å². The van der Waals surface area contributed by atoms with E-state index >= 15 is 0 Å². The molecule has 0 radical (unpaired) electrons. The van der Waals surface area contributed by atoms with Crippen molar-refractivity contribution in [1.29, 1.82) is 0 Å². The molecule has 7 N–H and O–H groups in total. The first-order valence-electron chi connectivity index (χ1n) is 7.75. The van der Waals surface area contributed by atoms with Crippen LogP contribution in [0.5, 0.6) is 0 Å². The minimum Gasteiger partial charge on any atom is -0.365 e. The average Bonchev–Trinajstić information content (AvgIpc) is 2.91. The fourth-order valence-corrected chi connectivity index (χ4v) is 2.91. The zero-order valence-electron chi connectivity index (χ0n) is 13.7. The van der Waals surface area contributed by atoms with Crippen LogP contribution in [0.3, 0.4) is 0 Å². The number of amides is 3. The van der Waals surface area contributed by atoms with Crippen LogP contribution in [0.4, 0.5) is 10.6 Å². The van der Waals surface area contributed by atoms with Gasteiger partial charge in [0, 0.05) is 17.4 Å². The quantitative estimate of drug-likeness (QED) is 0.489.